The minimum absolute atomic E-state index is 0.102. The van der Waals surface area contributed by atoms with Crippen LogP contribution in [0.1, 0.15) is 24.0 Å². The van der Waals surface area contributed by atoms with Crippen LogP contribution in [0.2, 0.25) is 0 Å². The second kappa shape index (κ2) is 7.13. The zero-order valence-corrected chi connectivity index (χ0v) is 14.0. The van der Waals surface area contributed by atoms with Gasteiger partial charge in [0, 0.05) is 45.6 Å². The summed E-state index contributed by atoms with van der Waals surface area (Å²) in [6.45, 7) is 5.76. The maximum Gasteiger partial charge on any atom is 0.242 e. The molecule has 6 nitrogen and oxygen atoms in total. The fraction of sp³-hybridized carbons (Fsp3) is 0.500. The SMILES string of the molecule is Cc1cccc(CN2CCN(C(=O)CN3C(=O)CCC3=O)CC2)c1. The van der Waals surface area contributed by atoms with Crippen molar-refractivity contribution in [1.29, 1.82) is 0 Å². The Labute approximate surface area is 142 Å². The summed E-state index contributed by atoms with van der Waals surface area (Å²) in [7, 11) is 0. The number of aryl methyl sites for hydroxylation is 1. The van der Waals surface area contributed by atoms with Gasteiger partial charge in [0.15, 0.2) is 0 Å². The summed E-state index contributed by atoms with van der Waals surface area (Å²) < 4.78 is 0. The second-order valence-electron chi connectivity index (χ2n) is 6.52. The molecule has 1 aromatic carbocycles. The zero-order valence-electron chi connectivity index (χ0n) is 14.0. The first-order chi connectivity index (χ1) is 11.5. The molecule has 0 radical (unpaired) electrons. The molecule has 0 atom stereocenters. The average molecular weight is 329 g/mol. The molecule has 2 aliphatic heterocycles. The van der Waals surface area contributed by atoms with Crippen molar-refractivity contribution in [2.45, 2.75) is 26.3 Å². The number of imide groups is 1. The van der Waals surface area contributed by atoms with E-state index in [9.17, 15) is 14.4 Å². The van der Waals surface area contributed by atoms with Crippen LogP contribution in [-0.2, 0) is 20.9 Å². The topological polar surface area (TPSA) is 60.9 Å². The van der Waals surface area contributed by atoms with Crippen LogP contribution in [0, 0.1) is 6.92 Å². The molecule has 0 aromatic heterocycles. The minimum Gasteiger partial charge on any atom is -0.339 e. The van der Waals surface area contributed by atoms with Crippen LogP contribution in [0.4, 0.5) is 0 Å². The molecule has 0 saturated carbocycles. The van der Waals surface area contributed by atoms with Crippen molar-refractivity contribution in [3.63, 3.8) is 0 Å². The first-order valence-electron chi connectivity index (χ1n) is 8.42. The van der Waals surface area contributed by atoms with Crippen molar-refractivity contribution >= 4 is 17.7 Å². The molecular weight excluding hydrogens is 306 g/mol. The molecule has 0 unspecified atom stereocenters. The summed E-state index contributed by atoms with van der Waals surface area (Å²) in [6, 6.07) is 8.45. The third-order valence-corrected chi connectivity index (χ3v) is 4.66. The van der Waals surface area contributed by atoms with E-state index < -0.39 is 0 Å². The molecule has 1 aromatic rings. The summed E-state index contributed by atoms with van der Waals surface area (Å²) in [6.07, 6.45) is 0.465. The number of carbonyl (C=O) groups is 3. The average Bonchev–Trinajstić information content (AvgIpc) is 2.87. The van der Waals surface area contributed by atoms with Crippen LogP contribution in [0.15, 0.2) is 24.3 Å². The highest BCUT2D eigenvalue weighted by atomic mass is 16.2. The van der Waals surface area contributed by atoms with Gasteiger partial charge in [-0.1, -0.05) is 29.8 Å². The van der Waals surface area contributed by atoms with E-state index in [1.165, 1.54) is 11.1 Å². The lowest BCUT2D eigenvalue weighted by atomic mass is 10.1. The highest BCUT2D eigenvalue weighted by molar-refractivity contribution is 6.04. The number of likely N-dealkylation sites (tertiary alicyclic amines) is 1. The van der Waals surface area contributed by atoms with Crippen LogP contribution >= 0.6 is 0 Å². The van der Waals surface area contributed by atoms with Gasteiger partial charge in [0.1, 0.15) is 6.54 Å². The lowest BCUT2D eigenvalue weighted by molar-refractivity contribution is -0.146. The summed E-state index contributed by atoms with van der Waals surface area (Å²) in [4.78, 5) is 40.7. The Kier molecular flexibility index (Phi) is 4.94. The molecule has 3 amide bonds. The molecule has 2 aliphatic rings. The minimum atomic E-state index is -0.230. The van der Waals surface area contributed by atoms with E-state index >= 15 is 0 Å². The lowest BCUT2D eigenvalue weighted by Gasteiger charge is -2.35. The van der Waals surface area contributed by atoms with E-state index in [2.05, 4.69) is 36.1 Å². The predicted octanol–water partition coefficient (Wildman–Crippen LogP) is 0.788. The fourth-order valence-corrected chi connectivity index (χ4v) is 3.26. The normalized spacial score (nSPS) is 19.2. The summed E-state index contributed by atoms with van der Waals surface area (Å²) in [5.41, 5.74) is 2.53. The Morgan fingerprint density at radius 2 is 1.71 bits per heavy atom. The Morgan fingerprint density at radius 3 is 2.33 bits per heavy atom. The number of rotatable bonds is 4. The Balaban J connectivity index is 1.48. The van der Waals surface area contributed by atoms with E-state index in [-0.39, 0.29) is 37.1 Å². The van der Waals surface area contributed by atoms with Gasteiger partial charge in [-0.2, -0.15) is 0 Å². The first kappa shape index (κ1) is 16.6. The van der Waals surface area contributed by atoms with Gasteiger partial charge in [-0.3, -0.25) is 24.2 Å². The van der Waals surface area contributed by atoms with Crippen molar-refractivity contribution in [2.24, 2.45) is 0 Å². The number of nitrogens with zero attached hydrogens (tertiary/aromatic N) is 3. The van der Waals surface area contributed by atoms with Crippen LogP contribution in [0.5, 0.6) is 0 Å². The molecule has 3 rings (SSSR count). The third kappa shape index (κ3) is 3.82. The van der Waals surface area contributed by atoms with Gasteiger partial charge < -0.3 is 4.90 Å². The van der Waals surface area contributed by atoms with Gasteiger partial charge in [0.25, 0.3) is 0 Å². The van der Waals surface area contributed by atoms with Gasteiger partial charge in [-0.05, 0) is 12.5 Å². The predicted molar refractivity (Wildman–Crippen MR) is 89.0 cm³/mol. The molecule has 0 spiro atoms. The molecular formula is C18H23N3O3. The number of carbonyl (C=O) groups excluding carboxylic acids is 3. The monoisotopic (exact) mass is 329 g/mol. The Bertz CT molecular complexity index is 635. The van der Waals surface area contributed by atoms with E-state index in [0.717, 1.165) is 24.5 Å². The first-order valence-corrected chi connectivity index (χ1v) is 8.42. The number of hydrogen-bond donors (Lipinski definition) is 0. The van der Waals surface area contributed by atoms with E-state index in [0.29, 0.717) is 13.1 Å². The maximum absolute atomic E-state index is 12.3. The van der Waals surface area contributed by atoms with Gasteiger partial charge in [0.2, 0.25) is 17.7 Å². The molecule has 0 bridgehead atoms. The Hall–Kier alpha value is -2.21. The third-order valence-electron chi connectivity index (χ3n) is 4.66. The molecule has 128 valence electrons. The highest BCUT2D eigenvalue weighted by Crippen LogP contribution is 2.14. The van der Waals surface area contributed by atoms with Crippen molar-refractivity contribution in [3.8, 4) is 0 Å². The van der Waals surface area contributed by atoms with Crippen LogP contribution in [-0.4, -0.2) is 65.1 Å². The van der Waals surface area contributed by atoms with Gasteiger partial charge in [-0.25, -0.2) is 0 Å². The molecule has 24 heavy (non-hydrogen) atoms. The molecule has 2 heterocycles. The van der Waals surface area contributed by atoms with Gasteiger partial charge in [-0.15, -0.1) is 0 Å². The summed E-state index contributed by atoms with van der Waals surface area (Å²) >= 11 is 0. The molecule has 0 N–H and O–H groups in total. The molecule has 6 heteroatoms. The second-order valence-corrected chi connectivity index (χ2v) is 6.52. The molecule has 2 saturated heterocycles. The van der Waals surface area contributed by atoms with Crippen LogP contribution < -0.4 is 0 Å². The molecule has 0 aliphatic carbocycles. The van der Waals surface area contributed by atoms with E-state index in [1.54, 1.807) is 4.90 Å². The van der Waals surface area contributed by atoms with Crippen molar-refractivity contribution in [1.82, 2.24) is 14.7 Å². The fourth-order valence-electron chi connectivity index (χ4n) is 3.26. The number of piperazine rings is 1. The quantitative estimate of drug-likeness (QED) is 0.766. The smallest absolute Gasteiger partial charge is 0.242 e. The van der Waals surface area contributed by atoms with Gasteiger partial charge >= 0.3 is 0 Å². The largest absolute Gasteiger partial charge is 0.339 e. The van der Waals surface area contributed by atoms with Crippen LogP contribution in [0.25, 0.3) is 0 Å². The number of benzene rings is 1. The maximum atomic E-state index is 12.3. The number of hydrogen-bond acceptors (Lipinski definition) is 4. The van der Waals surface area contributed by atoms with E-state index in [1.807, 2.05) is 0 Å². The van der Waals surface area contributed by atoms with Crippen molar-refractivity contribution in [3.05, 3.63) is 35.4 Å². The number of amides is 3. The molecule has 2 fully saturated rings. The lowest BCUT2D eigenvalue weighted by Crippen LogP contribution is -2.51. The van der Waals surface area contributed by atoms with Gasteiger partial charge in [0.05, 0.1) is 0 Å². The van der Waals surface area contributed by atoms with E-state index in [4.69, 9.17) is 0 Å². The summed E-state index contributed by atoms with van der Waals surface area (Å²) in [5.74, 6) is -0.591. The van der Waals surface area contributed by atoms with Crippen molar-refractivity contribution in [2.75, 3.05) is 32.7 Å². The van der Waals surface area contributed by atoms with Crippen molar-refractivity contribution < 1.29 is 14.4 Å². The van der Waals surface area contributed by atoms with Crippen LogP contribution in [0.3, 0.4) is 0 Å². The zero-order chi connectivity index (χ0) is 17.1. The Morgan fingerprint density at radius 1 is 1.04 bits per heavy atom. The highest BCUT2D eigenvalue weighted by Gasteiger charge is 2.32. The summed E-state index contributed by atoms with van der Waals surface area (Å²) in [5, 5.41) is 0. The standard InChI is InChI=1S/C18H23N3O3/c1-14-3-2-4-15(11-14)12-19-7-9-20(10-8-19)18(24)13-21-16(22)5-6-17(21)23/h2-4,11H,5-10,12-13H2,1H3.